The summed E-state index contributed by atoms with van der Waals surface area (Å²) in [6, 6.07) is 17.4. The minimum atomic E-state index is -0.328. The molecule has 3 aromatic rings. The molecule has 5 heteroatoms. The lowest BCUT2D eigenvalue weighted by Gasteiger charge is -2.07. The van der Waals surface area contributed by atoms with E-state index < -0.39 is 0 Å². The van der Waals surface area contributed by atoms with Crippen LogP contribution in [0.4, 0.5) is 4.39 Å². The van der Waals surface area contributed by atoms with Gasteiger partial charge in [0, 0.05) is 18.8 Å². The van der Waals surface area contributed by atoms with Crippen LogP contribution in [0.3, 0.4) is 0 Å². The van der Waals surface area contributed by atoms with Gasteiger partial charge in [-0.15, -0.1) is 0 Å². The predicted octanol–water partition coefficient (Wildman–Crippen LogP) is 4.39. The van der Waals surface area contributed by atoms with Crippen molar-refractivity contribution in [2.45, 2.75) is 6.42 Å². The zero-order chi connectivity index (χ0) is 18.9. The van der Waals surface area contributed by atoms with E-state index in [9.17, 15) is 9.18 Å². The summed E-state index contributed by atoms with van der Waals surface area (Å²) in [6.07, 6.45) is 6.99. The normalized spacial score (nSPS) is 10.7. The molecule has 0 bridgehead atoms. The van der Waals surface area contributed by atoms with E-state index in [1.165, 1.54) is 18.2 Å². The second kappa shape index (κ2) is 9.29. The van der Waals surface area contributed by atoms with E-state index in [1.807, 2.05) is 36.4 Å². The summed E-state index contributed by atoms with van der Waals surface area (Å²) in [7, 11) is 0. The second-order valence-corrected chi connectivity index (χ2v) is 5.87. The number of pyridine rings is 1. The molecule has 0 saturated heterocycles. The van der Waals surface area contributed by atoms with Gasteiger partial charge in [-0.05, 0) is 60.0 Å². The first-order valence-electron chi connectivity index (χ1n) is 8.57. The van der Waals surface area contributed by atoms with Crippen molar-refractivity contribution in [1.82, 2.24) is 10.3 Å². The van der Waals surface area contributed by atoms with E-state index in [1.54, 1.807) is 30.6 Å². The Morgan fingerprint density at radius 1 is 1.07 bits per heavy atom. The minimum absolute atomic E-state index is 0.220. The number of carbonyl (C=O) groups excluding carboxylic acids is 1. The fraction of sp³-hybridized carbons (Fsp3) is 0.0909. The van der Waals surface area contributed by atoms with E-state index >= 15 is 0 Å². The fourth-order valence-corrected chi connectivity index (χ4v) is 2.48. The van der Waals surface area contributed by atoms with Crippen LogP contribution in [0.5, 0.6) is 11.5 Å². The average Bonchev–Trinajstić information content (AvgIpc) is 2.68. The van der Waals surface area contributed by atoms with E-state index in [0.717, 1.165) is 11.3 Å². The van der Waals surface area contributed by atoms with Gasteiger partial charge >= 0.3 is 0 Å². The Labute approximate surface area is 157 Å². The van der Waals surface area contributed by atoms with Crippen molar-refractivity contribution in [3.05, 3.63) is 96.1 Å². The molecule has 0 radical (unpaired) electrons. The summed E-state index contributed by atoms with van der Waals surface area (Å²) in [5.74, 6) is 0.844. The van der Waals surface area contributed by atoms with Crippen LogP contribution in [0.2, 0.25) is 0 Å². The highest BCUT2D eigenvalue weighted by Crippen LogP contribution is 2.21. The summed E-state index contributed by atoms with van der Waals surface area (Å²) in [5, 5.41) is 2.81. The lowest BCUT2D eigenvalue weighted by Crippen LogP contribution is -2.23. The molecule has 4 nitrogen and oxygen atoms in total. The molecular weight excluding hydrogens is 343 g/mol. The molecule has 3 rings (SSSR count). The molecule has 27 heavy (non-hydrogen) atoms. The predicted molar refractivity (Wildman–Crippen MR) is 103 cm³/mol. The number of aromatic nitrogens is 1. The van der Waals surface area contributed by atoms with Crippen LogP contribution >= 0.6 is 0 Å². The maximum Gasteiger partial charge on any atom is 0.244 e. The quantitative estimate of drug-likeness (QED) is 0.635. The Kier molecular flexibility index (Phi) is 6.30. The molecule has 0 unspecified atom stereocenters. The van der Waals surface area contributed by atoms with Crippen molar-refractivity contribution in [3.8, 4) is 11.5 Å². The van der Waals surface area contributed by atoms with Crippen molar-refractivity contribution in [2.75, 3.05) is 6.54 Å². The van der Waals surface area contributed by atoms with Crippen molar-refractivity contribution >= 4 is 12.0 Å². The minimum Gasteiger partial charge on any atom is -0.456 e. The zero-order valence-corrected chi connectivity index (χ0v) is 14.6. The number of nitrogens with zero attached hydrogens (tertiary/aromatic N) is 1. The van der Waals surface area contributed by atoms with Gasteiger partial charge in [0.15, 0.2) is 0 Å². The fourth-order valence-electron chi connectivity index (χ4n) is 2.48. The average molecular weight is 362 g/mol. The van der Waals surface area contributed by atoms with Gasteiger partial charge in [-0.25, -0.2) is 4.39 Å². The Balaban J connectivity index is 1.48. The van der Waals surface area contributed by atoms with Crippen LogP contribution in [-0.2, 0) is 11.2 Å². The molecule has 1 heterocycles. The number of nitrogens with one attached hydrogen (secondary N) is 1. The second-order valence-electron chi connectivity index (χ2n) is 5.87. The molecule has 1 aromatic heterocycles. The number of ether oxygens (including phenoxy) is 1. The number of halogens is 1. The van der Waals surface area contributed by atoms with Crippen molar-refractivity contribution in [1.29, 1.82) is 0 Å². The van der Waals surface area contributed by atoms with Crippen LogP contribution in [0.15, 0.2) is 79.1 Å². The molecular formula is C22H19FN2O2. The van der Waals surface area contributed by atoms with Crippen LogP contribution in [0.1, 0.15) is 11.1 Å². The number of benzene rings is 2. The topological polar surface area (TPSA) is 51.2 Å². The summed E-state index contributed by atoms with van der Waals surface area (Å²) in [5.41, 5.74) is 1.69. The lowest BCUT2D eigenvalue weighted by atomic mass is 10.1. The van der Waals surface area contributed by atoms with Gasteiger partial charge in [-0.2, -0.15) is 0 Å². The highest BCUT2D eigenvalue weighted by molar-refractivity contribution is 5.91. The van der Waals surface area contributed by atoms with Gasteiger partial charge in [0.1, 0.15) is 17.3 Å². The third-order valence-electron chi connectivity index (χ3n) is 3.76. The third kappa shape index (κ3) is 6.08. The zero-order valence-electron chi connectivity index (χ0n) is 14.6. The van der Waals surface area contributed by atoms with Crippen LogP contribution in [0, 0.1) is 5.82 Å². The molecule has 1 amide bonds. The van der Waals surface area contributed by atoms with Gasteiger partial charge in [0.05, 0.1) is 6.20 Å². The summed E-state index contributed by atoms with van der Waals surface area (Å²) >= 11 is 0. The van der Waals surface area contributed by atoms with Gasteiger partial charge in [0.2, 0.25) is 5.91 Å². The van der Waals surface area contributed by atoms with E-state index in [0.29, 0.717) is 24.3 Å². The Hall–Kier alpha value is -3.47. The lowest BCUT2D eigenvalue weighted by molar-refractivity contribution is -0.116. The first-order chi connectivity index (χ1) is 13.2. The molecule has 1 N–H and O–H groups in total. The maximum absolute atomic E-state index is 13.1. The molecule has 0 atom stereocenters. The van der Waals surface area contributed by atoms with Crippen molar-refractivity contribution < 1.29 is 13.9 Å². The molecule has 0 aliphatic carbocycles. The third-order valence-corrected chi connectivity index (χ3v) is 3.76. The Morgan fingerprint density at radius 2 is 1.93 bits per heavy atom. The molecule has 136 valence electrons. The summed E-state index contributed by atoms with van der Waals surface area (Å²) in [6.45, 7) is 0.489. The van der Waals surface area contributed by atoms with E-state index in [2.05, 4.69) is 10.3 Å². The van der Waals surface area contributed by atoms with Gasteiger partial charge in [-0.1, -0.05) is 24.3 Å². The van der Waals surface area contributed by atoms with Gasteiger partial charge < -0.3 is 10.1 Å². The van der Waals surface area contributed by atoms with Crippen LogP contribution in [-0.4, -0.2) is 17.4 Å². The Morgan fingerprint density at radius 3 is 2.74 bits per heavy atom. The number of rotatable bonds is 7. The first-order valence-corrected chi connectivity index (χ1v) is 8.57. The van der Waals surface area contributed by atoms with Crippen molar-refractivity contribution in [3.63, 3.8) is 0 Å². The van der Waals surface area contributed by atoms with Crippen LogP contribution in [0.25, 0.3) is 6.08 Å². The highest BCUT2D eigenvalue weighted by Gasteiger charge is 2.01. The van der Waals surface area contributed by atoms with Crippen LogP contribution < -0.4 is 10.1 Å². The maximum atomic E-state index is 13.1. The van der Waals surface area contributed by atoms with Crippen molar-refractivity contribution in [2.24, 2.45) is 0 Å². The molecule has 0 saturated carbocycles. The molecule has 0 spiro atoms. The standard InChI is InChI=1S/C22H19FN2O2/c23-19-6-1-4-17(14-19)9-10-22(26)25-13-11-18-5-2-7-20(15-18)27-21-8-3-12-24-16-21/h1-10,12,14-16H,11,13H2,(H,25,26). The highest BCUT2D eigenvalue weighted by atomic mass is 19.1. The van der Waals surface area contributed by atoms with Gasteiger partial charge in [0.25, 0.3) is 0 Å². The number of hydrogen-bond acceptors (Lipinski definition) is 3. The number of carbonyl (C=O) groups is 1. The molecule has 0 aliphatic heterocycles. The summed E-state index contributed by atoms with van der Waals surface area (Å²) in [4.78, 5) is 15.9. The van der Waals surface area contributed by atoms with E-state index in [-0.39, 0.29) is 11.7 Å². The molecule has 0 fully saturated rings. The smallest absolute Gasteiger partial charge is 0.244 e. The summed E-state index contributed by atoms with van der Waals surface area (Å²) < 4.78 is 18.9. The monoisotopic (exact) mass is 362 g/mol. The van der Waals surface area contributed by atoms with E-state index in [4.69, 9.17) is 4.74 Å². The largest absolute Gasteiger partial charge is 0.456 e. The molecule has 2 aromatic carbocycles. The number of hydrogen-bond donors (Lipinski definition) is 1. The SMILES string of the molecule is O=C(C=Cc1cccc(F)c1)NCCc1cccc(Oc2cccnc2)c1. The first kappa shape index (κ1) is 18.3. The Bertz CT molecular complexity index is 926. The number of amides is 1. The van der Waals surface area contributed by atoms with Gasteiger partial charge in [-0.3, -0.25) is 9.78 Å². The molecule has 0 aliphatic rings.